The van der Waals surface area contributed by atoms with Gasteiger partial charge < -0.3 is 10.2 Å². The summed E-state index contributed by atoms with van der Waals surface area (Å²) < 4.78 is 13.0. The summed E-state index contributed by atoms with van der Waals surface area (Å²) in [5.74, 6) is -0.0194. The van der Waals surface area contributed by atoms with Crippen LogP contribution in [0.1, 0.15) is 23.2 Å². The molecule has 0 atom stereocenters. The van der Waals surface area contributed by atoms with E-state index >= 15 is 0 Å². The van der Waals surface area contributed by atoms with Crippen LogP contribution in [0.5, 0.6) is 0 Å². The van der Waals surface area contributed by atoms with Crippen LogP contribution in [-0.4, -0.2) is 37.5 Å². The number of carbonyl (C=O) groups excluding carboxylic acids is 1. The standard InChI is InChI=1S/C14H19FN2O/c1-17-7-5-11(6-8-17)10-16-14(18)12-3-2-4-13(15)9-12/h2-4,9,11H,5-8,10H2,1H3,(H,16,18). The highest BCUT2D eigenvalue weighted by Crippen LogP contribution is 2.15. The van der Waals surface area contributed by atoms with Crippen LogP contribution >= 0.6 is 0 Å². The lowest BCUT2D eigenvalue weighted by atomic mass is 9.97. The number of likely N-dealkylation sites (tertiary alicyclic amines) is 1. The van der Waals surface area contributed by atoms with E-state index in [1.165, 1.54) is 12.1 Å². The molecule has 1 fully saturated rings. The molecule has 1 amide bonds. The number of nitrogens with one attached hydrogen (secondary N) is 1. The van der Waals surface area contributed by atoms with Gasteiger partial charge in [0.25, 0.3) is 5.91 Å². The minimum atomic E-state index is -0.373. The van der Waals surface area contributed by atoms with Crippen LogP contribution < -0.4 is 5.32 Å². The van der Waals surface area contributed by atoms with Crippen molar-refractivity contribution in [1.29, 1.82) is 0 Å². The fourth-order valence-corrected chi connectivity index (χ4v) is 2.24. The number of hydrogen-bond donors (Lipinski definition) is 1. The van der Waals surface area contributed by atoms with Crippen LogP contribution in [0.3, 0.4) is 0 Å². The summed E-state index contributed by atoms with van der Waals surface area (Å²) in [4.78, 5) is 14.1. The van der Waals surface area contributed by atoms with Crippen LogP contribution in [0.4, 0.5) is 4.39 Å². The summed E-state index contributed by atoms with van der Waals surface area (Å²) in [5.41, 5.74) is 0.392. The first-order valence-electron chi connectivity index (χ1n) is 6.37. The van der Waals surface area contributed by atoms with E-state index in [9.17, 15) is 9.18 Å². The fraction of sp³-hybridized carbons (Fsp3) is 0.500. The Bertz CT molecular complexity index is 414. The predicted octanol–water partition coefficient (Wildman–Crippen LogP) is 1.90. The molecule has 4 heteroatoms. The molecule has 18 heavy (non-hydrogen) atoms. The molecule has 1 saturated heterocycles. The molecule has 1 aliphatic heterocycles. The smallest absolute Gasteiger partial charge is 0.251 e. The Morgan fingerprint density at radius 2 is 2.17 bits per heavy atom. The number of hydrogen-bond acceptors (Lipinski definition) is 2. The molecule has 0 unspecified atom stereocenters. The molecule has 3 nitrogen and oxygen atoms in total. The minimum absolute atomic E-state index is 0.187. The first-order chi connectivity index (χ1) is 8.65. The Morgan fingerprint density at radius 1 is 1.44 bits per heavy atom. The Hall–Kier alpha value is -1.42. The van der Waals surface area contributed by atoms with Crippen molar-refractivity contribution in [2.75, 3.05) is 26.7 Å². The first-order valence-corrected chi connectivity index (χ1v) is 6.37. The van der Waals surface area contributed by atoms with Crippen LogP contribution in [0.2, 0.25) is 0 Å². The van der Waals surface area contributed by atoms with Crippen molar-refractivity contribution >= 4 is 5.91 Å². The molecular weight excluding hydrogens is 231 g/mol. The molecule has 0 bridgehead atoms. The first kappa shape index (κ1) is 13.0. The molecule has 0 spiro atoms. The average molecular weight is 250 g/mol. The second kappa shape index (κ2) is 5.96. The van der Waals surface area contributed by atoms with Gasteiger partial charge in [-0.25, -0.2) is 4.39 Å². The predicted molar refractivity (Wildman–Crippen MR) is 69.0 cm³/mol. The maximum atomic E-state index is 13.0. The molecule has 1 aromatic rings. The van der Waals surface area contributed by atoms with Crippen LogP contribution in [0.15, 0.2) is 24.3 Å². The minimum Gasteiger partial charge on any atom is -0.352 e. The van der Waals surface area contributed by atoms with Gasteiger partial charge in [0.2, 0.25) is 0 Å². The van der Waals surface area contributed by atoms with Crippen molar-refractivity contribution in [3.05, 3.63) is 35.6 Å². The van der Waals surface area contributed by atoms with E-state index in [1.807, 2.05) is 0 Å². The topological polar surface area (TPSA) is 32.3 Å². The number of benzene rings is 1. The number of rotatable bonds is 3. The Labute approximate surface area is 107 Å². The van der Waals surface area contributed by atoms with Gasteiger partial charge in [-0.3, -0.25) is 4.79 Å². The van der Waals surface area contributed by atoms with Crippen molar-refractivity contribution in [2.24, 2.45) is 5.92 Å². The zero-order valence-corrected chi connectivity index (χ0v) is 10.7. The van der Waals surface area contributed by atoms with E-state index in [4.69, 9.17) is 0 Å². The van der Waals surface area contributed by atoms with E-state index in [0.717, 1.165) is 25.9 Å². The van der Waals surface area contributed by atoms with Crippen LogP contribution in [0.25, 0.3) is 0 Å². The van der Waals surface area contributed by atoms with E-state index in [2.05, 4.69) is 17.3 Å². The van der Waals surface area contributed by atoms with Gasteiger partial charge in [-0.1, -0.05) is 6.07 Å². The molecule has 98 valence electrons. The molecule has 0 radical (unpaired) electrons. The van der Waals surface area contributed by atoms with Crippen molar-refractivity contribution in [1.82, 2.24) is 10.2 Å². The highest BCUT2D eigenvalue weighted by atomic mass is 19.1. The van der Waals surface area contributed by atoms with Crippen LogP contribution in [0, 0.1) is 11.7 Å². The summed E-state index contributed by atoms with van der Waals surface area (Å²) >= 11 is 0. The summed E-state index contributed by atoms with van der Waals surface area (Å²) in [6.45, 7) is 2.85. The third-order valence-corrected chi connectivity index (χ3v) is 3.48. The molecule has 1 heterocycles. The van der Waals surface area contributed by atoms with Gasteiger partial charge in [-0.2, -0.15) is 0 Å². The Balaban J connectivity index is 1.81. The van der Waals surface area contributed by atoms with Crippen molar-refractivity contribution in [3.8, 4) is 0 Å². The van der Waals surface area contributed by atoms with Gasteiger partial charge >= 0.3 is 0 Å². The molecule has 1 aliphatic rings. The lowest BCUT2D eigenvalue weighted by Gasteiger charge is -2.28. The summed E-state index contributed by atoms with van der Waals surface area (Å²) in [5, 5.41) is 2.89. The lowest BCUT2D eigenvalue weighted by molar-refractivity contribution is 0.0938. The molecule has 0 saturated carbocycles. The van der Waals surface area contributed by atoms with E-state index in [1.54, 1.807) is 12.1 Å². The molecule has 1 N–H and O–H groups in total. The van der Waals surface area contributed by atoms with Crippen molar-refractivity contribution in [2.45, 2.75) is 12.8 Å². The highest BCUT2D eigenvalue weighted by Gasteiger charge is 2.17. The quantitative estimate of drug-likeness (QED) is 0.888. The number of piperidine rings is 1. The molecule has 2 rings (SSSR count). The maximum Gasteiger partial charge on any atom is 0.251 e. The van der Waals surface area contributed by atoms with Gasteiger partial charge in [0.1, 0.15) is 5.82 Å². The Morgan fingerprint density at radius 3 is 2.83 bits per heavy atom. The number of amides is 1. The van der Waals surface area contributed by atoms with Gasteiger partial charge in [0, 0.05) is 12.1 Å². The van der Waals surface area contributed by atoms with E-state index < -0.39 is 0 Å². The largest absolute Gasteiger partial charge is 0.352 e. The van der Waals surface area contributed by atoms with Crippen molar-refractivity contribution in [3.63, 3.8) is 0 Å². The number of nitrogens with zero attached hydrogens (tertiary/aromatic N) is 1. The van der Waals surface area contributed by atoms with Gasteiger partial charge in [0.15, 0.2) is 0 Å². The highest BCUT2D eigenvalue weighted by molar-refractivity contribution is 5.94. The maximum absolute atomic E-state index is 13.0. The van der Waals surface area contributed by atoms with Gasteiger partial charge in [-0.05, 0) is 57.1 Å². The van der Waals surface area contributed by atoms with Gasteiger partial charge in [-0.15, -0.1) is 0 Å². The number of carbonyl (C=O) groups is 1. The third kappa shape index (κ3) is 3.53. The van der Waals surface area contributed by atoms with Crippen LogP contribution in [-0.2, 0) is 0 Å². The van der Waals surface area contributed by atoms with E-state index in [-0.39, 0.29) is 11.7 Å². The fourth-order valence-electron chi connectivity index (χ4n) is 2.24. The molecule has 0 aliphatic carbocycles. The zero-order valence-electron chi connectivity index (χ0n) is 10.7. The average Bonchev–Trinajstić information content (AvgIpc) is 2.38. The summed E-state index contributed by atoms with van der Waals surface area (Å²) in [6, 6.07) is 5.80. The molecule has 1 aromatic carbocycles. The lowest BCUT2D eigenvalue weighted by Crippen LogP contribution is -2.36. The van der Waals surface area contributed by atoms with Gasteiger partial charge in [0.05, 0.1) is 0 Å². The van der Waals surface area contributed by atoms with E-state index in [0.29, 0.717) is 18.0 Å². The zero-order chi connectivity index (χ0) is 13.0. The third-order valence-electron chi connectivity index (χ3n) is 3.48. The molecular formula is C14H19FN2O. The second-order valence-corrected chi connectivity index (χ2v) is 4.97. The summed E-state index contributed by atoms with van der Waals surface area (Å²) in [6.07, 6.45) is 2.22. The molecule has 0 aromatic heterocycles. The monoisotopic (exact) mass is 250 g/mol. The number of halogens is 1. The summed E-state index contributed by atoms with van der Waals surface area (Å²) in [7, 11) is 2.11. The van der Waals surface area contributed by atoms with Crippen molar-refractivity contribution < 1.29 is 9.18 Å². The second-order valence-electron chi connectivity index (χ2n) is 4.97. The SMILES string of the molecule is CN1CCC(CNC(=O)c2cccc(F)c2)CC1. The normalized spacial score (nSPS) is 17.7. The Kier molecular flexibility index (Phi) is 4.31.